The lowest BCUT2D eigenvalue weighted by Gasteiger charge is -2.15. The zero-order chi connectivity index (χ0) is 12.1. The van der Waals surface area contributed by atoms with Crippen molar-refractivity contribution in [2.45, 2.75) is 25.8 Å². The summed E-state index contributed by atoms with van der Waals surface area (Å²) in [6, 6.07) is 7.65. The van der Waals surface area contributed by atoms with Crippen LogP contribution in [0, 0.1) is 0 Å². The molecule has 1 unspecified atom stereocenters. The molecule has 0 saturated heterocycles. The van der Waals surface area contributed by atoms with E-state index in [9.17, 15) is 4.79 Å². The van der Waals surface area contributed by atoms with Gasteiger partial charge in [-0.05, 0) is 24.1 Å². The molecule has 1 rings (SSSR count). The number of benzene rings is 1. The molecule has 0 spiro atoms. The first-order chi connectivity index (χ1) is 7.60. The van der Waals surface area contributed by atoms with Crippen LogP contribution < -0.4 is 5.32 Å². The Kier molecular flexibility index (Phi) is 4.50. The van der Waals surface area contributed by atoms with Gasteiger partial charge in [-0.3, -0.25) is 0 Å². The first kappa shape index (κ1) is 12.7. The molecule has 1 aromatic carbocycles. The van der Waals surface area contributed by atoms with Crippen LogP contribution in [0.5, 0.6) is 0 Å². The Morgan fingerprint density at radius 1 is 1.19 bits per heavy atom. The van der Waals surface area contributed by atoms with Crippen molar-refractivity contribution in [1.29, 1.82) is 0 Å². The molecule has 0 aliphatic heterocycles. The van der Waals surface area contributed by atoms with Gasteiger partial charge < -0.3 is 10.1 Å². The highest BCUT2D eigenvalue weighted by atomic mass is 16.5. The average molecular weight is 221 g/mol. The third-order valence-corrected chi connectivity index (χ3v) is 2.66. The van der Waals surface area contributed by atoms with Crippen LogP contribution in [0.2, 0.25) is 0 Å². The third-order valence-electron chi connectivity index (χ3n) is 2.66. The fourth-order valence-corrected chi connectivity index (χ4v) is 1.61. The molecule has 0 radical (unpaired) electrons. The van der Waals surface area contributed by atoms with Crippen LogP contribution in [0.3, 0.4) is 0 Å². The van der Waals surface area contributed by atoms with Gasteiger partial charge in [0.1, 0.15) is 6.04 Å². The van der Waals surface area contributed by atoms with Gasteiger partial charge in [-0.2, -0.15) is 0 Å². The lowest BCUT2D eigenvalue weighted by Crippen LogP contribution is -2.26. The average Bonchev–Trinajstić information content (AvgIpc) is 2.30. The first-order valence-electron chi connectivity index (χ1n) is 5.45. The van der Waals surface area contributed by atoms with Crippen molar-refractivity contribution in [3.8, 4) is 0 Å². The Labute approximate surface area is 96.8 Å². The lowest BCUT2D eigenvalue weighted by molar-refractivity contribution is -0.143. The largest absolute Gasteiger partial charge is 0.468 e. The summed E-state index contributed by atoms with van der Waals surface area (Å²) in [7, 11) is 3.15. The molecule has 3 heteroatoms. The van der Waals surface area contributed by atoms with Crippen LogP contribution in [0.4, 0.5) is 0 Å². The molecule has 0 fully saturated rings. The van der Waals surface area contributed by atoms with E-state index in [1.807, 2.05) is 24.3 Å². The third kappa shape index (κ3) is 2.83. The van der Waals surface area contributed by atoms with Gasteiger partial charge in [0.05, 0.1) is 7.11 Å². The molecule has 3 nitrogen and oxygen atoms in total. The predicted molar refractivity (Wildman–Crippen MR) is 64.3 cm³/mol. The maximum atomic E-state index is 11.5. The summed E-state index contributed by atoms with van der Waals surface area (Å²) in [6.45, 7) is 4.29. The molecule has 1 N–H and O–H groups in total. The van der Waals surface area contributed by atoms with Crippen LogP contribution in [0.25, 0.3) is 0 Å². The summed E-state index contributed by atoms with van der Waals surface area (Å²) in [5, 5.41) is 2.94. The van der Waals surface area contributed by atoms with Gasteiger partial charge in [-0.25, -0.2) is 4.79 Å². The molecule has 0 heterocycles. The monoisotopic (exact) mass is 221 g/mol. The minimum atomic E-state index is -0.383. The van der Waals surface area contributed by atoms with Crippen molar-refractivity contribution in [3.05, 3.63) is 35.4 Å². The quantitative estimate of drug-likeness (QED) is 0.792. The summed E-state index contributed by atoms with van der Waals surface area (Å²) >= 11 is 0. The van der Waals surface area contributed by atoms with Gasteiger partial charge in [0.2, 0.25) is 0 Å². The lowest BCUT2D eigenvalue weighted by atomic mass is 9.99. The number of hydrogen-bond donors (Lipinski definition) is 1. The molecule has 1 atom stereocenters. The van der Waals surface area contributed by atoms with Crippen molar-refractivity contribution >= 4 is 5.97 Å². The molecule has 0 aromatic heterocycles. The van der Waals surface area contributed by atoms with E-state index >= 15 is 0 Å². The van der Waals surface area contributed by atoms with E-state index in [0.29, 0.717) is 5.92 Å². The van der Waals surface area contributed by atoms with E-state index in [-0.39, 0.29) is 12.0 Å². The Hall–Kier alpha value is -1.35. The van der Waals surface area contributed by atoms with Gasteiger partial charge in [0.25, 0.3) is 0 Å². The van der Waals surface area contributed by atoms with E-state index in [1.54, 1.807) is 7.05 Å². The summed E-state index contributed by atoms with van der Waals surface area (Å²) in [4.78, 5) is 11.5. The molecule has 0 aliphatic carbocycles. The smallest absolute Gasteiger partial charge is 0.327 e. The molecule has 0 amide bonds. The number of nitrogens with one attached hydrogen (secondary N) is 1. The highest BCUT2D eigenvalue weighted by molar-refractivity contribution is 5.77. The van der Waals surface area contributed by atoms with Crippen LogP contribution >= 0.6 is 0 Å². The first-order valence-corrected chi connectivity index (χ1v) is 5.45. The van der Waals surface area contributed by atoms with Crippen molar-refractivity contribution in [3.63, 3.8) is 0 Å². The number of carbonyl (C=O) groups excluding carboxylic acids is 1. The van der Waals surface area contributed by atoms with Gasteiger partial charge >= 0.3 is 5.97 Å². The van der Waals surface area contributed by atoms with Crippen LogP contribution in [-0.2, 0) is 9.53 Å². The van der Waals surface area contributed by atoms with E-state index < -0.39 is 0 Å². The number of esters is 1. The second kappa shape index (κ2) is 5.66. The number of carbonyl (C=O) groups is 1. The van der Waals surface area contributed by atoms with Gasteiger partial charge in [0, 0.05) is 0 Å². The molecule has 1 aromatic rings. The van der Waals surface area contributed by atoms with Crippen LogP contribution in [-0.4, -0.2) is 20.1 Å². The van der Waals surface area contributed by atoms with E-state index in [1.165, 1.54) is 12.7 Å². The zero-order valence-corrected chi connectivity index (χ0v) is 10.3. The van der Waals surface area contributed by atoms with E-state index in [0.717, 1.165) is 5.56 Å². The van der Waals surface area contributed by atoms with Gasteiger partial charge in [-0.15, -0.1) is 0 Å². The van der Waals surface area contributed by atoms with E-state index in [2.05, 4.69) is 19.2 Å². The van der Waals surface area contributed by atoms with Gasteiger partial charge in [-0.1, -0.05) is 38.1 Å². The van der Waals surface area contributed by atoms with Crippen LogP contribution in [0.15, 0.2) is 24.3 Å². The topological polar surface area (TPSA) is 38.3 Å². The SMILES string of the molecule is CNC(C(=O)OC)c1ccc(C(C)C)cc1. The van der Waals surface area contributed by atoms with Gasteiger partial charge in [0.15, 0.2) is 0 Å². The van der Waals surface area contributed by atoms with Crippen molar-refractivity contribution < 1.29 is 9.53 Å². The summed E-state index contributed by atoms with van der Waals surface area (Å²) in [5.41, 5.74) is 2.20. The molecular weight excluding hydrogens is 202 g/mol. The maximum absolute atomic E-state index is 11.5. The minimum absolute atomic E-state index is 0.264. The predicted octanol–water partition coefficient (Wildman–Crippen LogP) is 2.24. The van der Waals surface area contributed by atoms with Crippen molar-refractivity contribution in [2.75, 3.05) is 14.2 Å². The Morgan fingerprint density at radius 3 is 2.06 bits per heavy atom. The second-order valence-corrected chi connectivity index (χ2v) is 4.07. The molecule has 0 saturated carbocycles. The Bertz CT molecular complexity index is 343. The number of rotatable bonds is 4. The molecule has 0 aliphatic rings. The number of ether oxygens (including phenoxy) is 1. The number of hydrogen-bond acceptors (Lipinski definition) is 3. The Morgan fingerprint density at radius 2 is 1.69 bits per heavy atom. The highest BCUT2D eigenvalue weighted by Crippen LogP contribution is 2.19. The normalized spacial score (nSPS) is 12.6. The fraction of sp³-hybridized carbons (Fsp3) is 0.462. The zero-order valence-electron chi connectivity index (χ0n) is 10.3. The standard InChI is InChI=1S/C13H19NO2/c1-9(2)10-5-7-11(8-6-10)12(14-3)13(15)16-4/h5-9,12,14H,1-4H3. The summed E-state index contributed by atoms with van der Waals surface area (Å²) in [6.07, 6.45) is 0. The highest BCUT2D eigenvalue weighted by Gasteiger charge is 2.18. The maximum Gasteiger partial charge on any atom is 0.327 e. The minimum Gasteiger partial charge on any atom is -0.468 e. The molecular formula is C13H19NO2. The van der Waals surface area contributed by atoms with E-state index in [4.69, 9.17) is 4.74 Å². The molecule has 16 heavy (non-hydrogen) atoms. The molecule has 88 valence electrons. The number of methoxy groups -OCH3 is 1. The number of likely N-dealkylation sites (N-methyl/N-ethyl adjacent to an activating group) is 1. The fourth-order valence-electron chi connectivity index (χ4n) is 1.61. The van der Waals surface area contributed by atoms with Crippen molar-refractivity contribution in [2.24, 2.45) is 0 Å². The molecule has 0 bridgehead atoms. The Balaban J connectivity index is 2.90. The van der Waals surface area contributed by atoms with Crippen molar-refractivity contribution in [1.82, 2.24) is 5.32 Å². The summed E-state index contributed by atoms with van der Waals surface area (Å²) in [5.74, 6) is 0.236. The van der Waals surface area contributed by atoms with Crippen LogP contribution in [0.1, 0.15) is 36.9 Å². The summed E-state index contributed by atoms with van der Waals surface area (Å²) < 4.78 is 4.73. The second-order valence-electron chi connectivity index (χ2n) is 4.07.